The van der Waals surface area contributed by atoms with Gasteiger partial charge in [0.15, 0.2) is 0 Å². The zero-order valence-electron chi connectivity index (χ0n) is 15.8. The van der Waals surface area contributed by atoms with Crippen molar-refractivity contribution in [1.82, 2.24) is 9.80 Å². The summed E-state index contributed by atoms with van der Waals surface area (Å²) in [7, 11) is 0. The molecular weight excluding hydrogens is 324 g/mol. The van der Waals surface area contributed by atoms with Crippen LogP contribution in [0.25, 0.3) is 0 Å². The monoisotopic (exact) mass is 356 g/mol. The number of likely N-dealkylation sites (tertiary alicyclic amines) is 2. The van der Waals surface area contributed by atoms with Crippen molar-refractivity contribution in [2.75, 3.05) is 26.2 Å². The Morgan fingerprint density at radius 2 is 1.65 bits per heavy atom. The Bertz CT molecular complexity index is 614. The smallest absolute Gasteiger partial charge is 0.335 e. The van der Waals surface area contributed by atoms with E-state index < -0.39 is 5.97 Å². The fourth-order valence-electron chi connectivity index (χ4n) is 5.39. The Kier molecular flexibility index (Phi) is 5.32. The summed E-state index contributed by atoms with van der Waals surface area (Å²) in [5.41, 5.74) is 2.14. The van der Waals surface area contributed by atoms with Gasteiger partial charge in [-0.25, -0.2) is 4.79 Å². The predicted molar refractivity (Wildman–Crippen MR) is 103 cm³/mol. The maximum atomic E-state index is 11.0. The standard InChI is InChI=1S/C22H32N2O2/c25-21(26)19-8-6-18(7-9-19)16-23-13-10-22(17-23)11-14-24(15-12-22)20-4-2-1-3-5-20/h6-9,20H,1-5,10-17H2,(H,25,26). The molecule has 4 heteroatoms. The summed E-state index contributed by atoms with van der Waals surface area (Å²) in [5, 5.41) is 9.03. The van der Waals surface area contributed by atoms with Gasteiger partial charge in [0.05, 0.1) is 5.56 Å². The van der Waals surface area contributed by atoms with Crippen LogP contribution in [0.3, 0.4) is 0 Å². The third-order valence-corrected chi connectivity index (χ3v) is 7.07. The molecular formula is C22H32N2O2. The van der Waals surface area contributed by atoms with E-state index in [1.54, 1.807) is 12.1 Å². The molecule has 1 N–H and O–H groups in total. The van der Waals surface area contributed by atoms with Crippen LogP contribution in [0.1, 0.15) is 67.3 Å². The van der Waals surface area contributed by atoms with Gasteiger partial charge < -0.3 is 10.0 Å². The van der Waals surface area contributed by atoms with Crippen LogP contribution < -0.4 is 0 Å². The molecule has 1 aromatic rings. The molecule has 26 heavy (non-hydrogen) atoms. The predicted octanol–water partition coefficient (Wildman–Crippen LogP) is 4.01. The summed E-state index contributed by atoms with van der Waals surface area (Å²) in [4.78, 5) is 16.4. The summed E-state index contributed by atoms with van der Waals surface area (Å²) in [5.74, 6) is -0.846. The molecule has 2 saturated heterocycles. The highest BCUT2D eigenvalue weighted by Crippen LogP contribution is 2.42. The molecule has 1 saturated carbocycles. The fraction of sp³-hybridized carbons (Fsp3) is 0.682. The maximum absolute atomic E-state index is 11.0. The molecule has 0 unspecified atom stereocenters. The van der Waals surface area contributed by atoms with E-state index in [9.17, 15) is 4.79 Å². The highest BCUT2D eigenvalue weighted by atomic mass is 16.4. The topological polar surface area (TPSA) is 43.8 Å². The molecule has 2 heterocycles. The van der Waals surface area contributed by atoms with Crippen molar-refractivity contribution >= 4 is 5.97 Å². The van der Waals surface area contributed by atoms with Gasteiger partial charge in [0.1, 0.15) is 0 Å². The van der Waals surface area contributed by atoms with Crippen LogP contribution in [-0.2, 0) is 6.54 Å². The number of aromatic carboxylic acids is 1. The second-order valence-corrected chi connectivity index (χ2v) is 8.79. The van der Waals surface area contributed by atoms with Gasteiger partial charge in [-0.2, -0.15) is 0 Å². The highest BCUT2D eigenvalue weighted by Gasteiger charge is 2.41. The average Bonchev–Trinajstić information content (AvgIpc) is 3.05. The first-order valence-electron chi connectivity index (χ1n) is 10.4. The van der Waals surface area contributed by atoms with Crippen molar-refractivity contribution in [2.24, 2.45) is 5.41 Å². The Morgan fingerprint density at radius 3 is 2.31 bits per heavy atom. The third kappa shape index (κ3) is 3.96. The van der Waals surface area contributed by atoms with Crippen molar-refractivity contribution < 1.29 is 9.90 Å². The first kappa shape index (κ1) is 18.0. The molecule has 4 nitrogen and oxygen atoms in total. The van der Waals surface area contributed by atoms with E-state index in [1.807, 2.05) is 12.1 Å². The SMILES string of the molecule is O=C(O)c1ccc(CN2CCC3(CCN(C4CCCCC4)CC3)C2)cc1. The van der Waals surface area contributed by atoms with Crippen molar-refractivity contribution in [2.45, 2.75) is 64.0 Å². The number of carboxylic acid groups (broad SMARTS) is 1. The largest absolute Gasteiger partial charge is 0.478 e. The molecule has 0 bridgehead atoms. The molecule has 1 spiro atoms. The van der Waals surface area contributed by atoms with Gasteiger partial charge in [-0.05, 0) is 74.8 Å². The number of nitrogens with zero attached hydrogens (tertiary/aromatic N) is 2. The van der Waals surface area contributed by atoms with E-state index in [-0.39, 0.29) is 0 Å². The first-order chi connectivity index (χ1) is 12.6. The molecule has 1 aliphatic carbocycles. The van der Waals surface area contributed by atoms with Crippen LogP contribution in [0.15, 0.2) is 24.3 Å². The molecule has 4 rings (SSSR count). The van der Waals surface area contributed by atoms with Crippen LogP contribution in [-0.4, -0.2) is 53.1 Å². The van der Waals surface area contributed by atoms with Crippen LogP contribution >= 0.6 is 0 Å². The second-order valence-electron chi connectivity index (χ2n) is 8.79. The highest BCUT2D eigenvalue weighted by molar-refractivity contribution is 5.87. The quantitative estimate of drug-likeness (QED) is 0.885. The summed E-state index contributed by atoms with van der Waals surface area (Å²) in [6.07, 6.45) is 11.2. The van der Waals surface area contributed by atoms with Gasteiger partial charge in [0.2, 0.25) is 0 Å². The number of hydrogen-bond donors (Lipinski definition) is 1. The van der Waals surface area contributed by atoms with Crippen LogP contribution in [0.4, 0.5) is 0 Å². The second kappa shape index (κ2) is 7.69. The van der Waals surface area contributed by atoms with Crippen molar-refractivity contribution in [3.63, 3.8) is 0 Å². The van der Waals surface area contributed by atoms with Gasteiger partial charge in [-0.15, -0.1) is 0 Å². The zero-order chi connectivity index (χ0) is 18.0. The number of carboxylic acids is 1. The van der Waals surface area contributed by atoms with Gasteiger partial charge in [-0.1, -0.05) is 31.4 Å². The van der Waals surface area contributed by atoms with E-state index in [4.69, 9.17) is 5.11 Å². The normalized spacial score (nSPS) is 24.9. The Balaban J connectivity index is 1.29. The number of piperidine rings is 1. The van der Waals surface area contributed by atoms with Crippen LogP contribution in [0.5, 0.6) is 0 Å². The number of carbonyl (C=O) groups is 1. The zero-order valence-corrected chi connectivity index (χ0v) is 15.8. The molecule has 2 aliphatic heterocycles. The number of benzene rings is 1. The molecule has 0 atom stereocenters. The Hall–Kier alpha value is -1.39. The lowest BCUT2D eigenvalue weighted by Gasteiger charge is -2.43. The minimum absolute atomic E-state index is 0.377. The van der Waals surface area contributed by atoms with Gasteiger partial charge in [-0.3, -0.25) is 4.90 Å². The molecule has 3 aliphatic rings. The molecule has 0 radical (unpaired) electrons. The molecule has 142 valence electrons. The summed E-state index contributed by atoms with van der Waals surface area (Å²) in [6.45, 7) is 5.95. The van der Waals surface area contributed by atoms with E-state index in [2.05, 4.69) is 9.80 Å². The fourth-order valence-corrected chi connectivity index (χ4v) is 5.39. The lowest BCUT2D eigenvalue weighted by molar-refractivity contribution is 0.0615. The number of hydrogen-bond acceptors (Lipinski definition) is 3. The maximum Gasteiger partial charge on any atom is 0.335 e. The lowest BCUT2D eigenvalue weighted by Crippen LogP contribution is -2.46. The third-order valence-electron chi connectivity index (χ3n) is 7.07. The summed E-state index contributed by atoms with van der Waals surface area (Å²) in [6, 6.07) is 8.27. The lowest BCUT2D eigenvalue weighted by atomic mass is 9.77. The van der Waals surface area contributed by atoms with E-state index in [0.717, 1.165) is 12.6 Å². The van der Waals surface area contributed by atoms with Crippen molar-refractivity contribution in [3.05, 3.63) is 35.4 Å². The molecule has 1 aromatic carbocycles. The minimum Gasteiger partial charge on any atom is -0.478 e. The van der Waals surface area contributed by atoms with E-state index >= 15 is 0 Å². The summed E-state index contributed by atoms with van der Waals surface area (Å²) < 4.78 is 0. The van der Waals surface area contributed by atoms with Gasteiger partial charge in [0, 0.05) is 19.1 Å². The van der Waals surface area contributed by atoms with E-state index in [1.165, 1.54) is 83.1 Å². The average molecular weight is 357 g/mol. The Morgan fingerprint density at radius 1 is 1.00 bits per heavy atom. The minimum atomic E-state index is -0.846. The van der Waals surface area contributed by atoms with E-state index in [0.29, 0.717) is 11.0 Å². The molecule has 0 amide bonds. The van der Waals surface area contributed by atoms with Crippen molar-refractivity contribution in [3.8, 4) is 0 Å². The van der Waals surface area contributed by atoms with Crippen LogP contribution in [0.2, 0.25) is 0 Å². The first-order valence-corrected chi connectivity index (χ1v) is 10.4. The molecule has 3 fully saturated rings. The van der Waals surface area contributed by atoms with Crippen LogP contribution in [0, 0.1) is 5.41 Å². The number of rotatable bonds is 4. The van der Waals surface area contributed by atoms with Gasteiger partial charge >= 0.3 is 5.97 Å². The van der Waals surface area contributed by atoms with Gasteiger partial charge in [0.25, 0.3) is 0 Å². The Labute approximate surface area is 157 Å². The van der Waals surface area contributed by atoms with Crippen molar-refractivity contribution in [1.29, 1.82) is 0 Å². The molecule has 0 aromatic heterocycles. The summed E-state index contributed by atoms with van der Waals surface area (Å²) >= 11 is 0.